The summed E-state index contributed by atoms with van der Waals surface area (Å²) < 4.78 is 26.1. The van der Waals surface area contributed by atoms with Gasteiger partial charge in [-0.3, -0.25) is 0 Å². The van der Waals surface area contributed by atoms with Gasteiger partial charge in [-0.15, -0.1) is 0 Å². The van der Waals surface area contributed by atoms with Gasteiger partial charge < -0.3 is 0 Å². The Kier molecular flexibility index (Phi) is 5.69. The standard InChI is InChI=1S/C8H17N3O2S/c1-4-11(5-2)14(12,13)10(3)8-6-7-9/h4-6,8H2,1-3H3. The normalized spacial score (nSPS) is 12.0. The molecule has 0 atom stereocenters. The van der Waals surface area contributed by atoms with Gasteiger partial charge in [0.25, 0.3) is 10.2 Å². The van der Waals surface area contributed by atoms with Crippen LogP contribution in [-0.4, -0.2) is 43.7 Å². The molecule has 0 saturated carbocycles. The lowest BCUT2D eigenvalue weighted by atomic mass is 10.5. The van der Waals surface area contributed by atoms with Crippen molar-refractivity contribution in [2.75, 3.05) is 26.7 Å². The Hall–Kier alpha value is -0.640. The van der Waals surface area contributed by atoms with Crippen LogP contribution in [0.3, 0.4) is 0 Å². The van der Waals surface area contributed by atoms with Crippen molar-refractivity contribution in [3.8, 4) is 6.07 Å². The van der Waals surface area contributed by atoms with Crippen molar-refractivity contribution < 1.29 is 8.42 Å². The van der Waals surface area contributed by atoms with E-state index in [-0.39, 0.29) is 13.0 Å². The number of hydrogen-bond donors (Lipinski definition) is 0. The van der Waals surface area contributed by atoms with Crippen LogP contribution in [0.5, 0.6) is 0 Å². The minimum Gasteiger partial charge on any atom is -0.198 e. The van der Waals surface area contributed by atoms with Gasteiger partial charge in [0.2, 0.25) is 0 Å². The van der Waals surface area contributed by atoms with Crippen LogP contribution in [-0.2, 0) is 10.2 Å². The summed E-state index contributed by atoms with van der Waals surface area (Å²) in [4.78, 5) is 0. The summed E-state index contributed by atoms with van der Waals surface area (Å²) in [6.07, 6.45) is 0.219. The fourth-order valence-electron chi connectivity index (χ4n) is 1.07. The van der Waals surface area contributed by atoms with Gasteiger partial charge in [-0.25, -0.2) is 0 Å². The average Bonchev–Trinajstić information content (AvgIpc) is 2.15. The topological polar surface area (TPSA) is 64.4 Å². The fourth-order valence-corrected chi connectivity index (χ4v) is 2.44. The van der Waals surface area contributed by atoms with E-state index in [1.54, 1.807) is 13.8 Å². The molecule has 14 heavy (non-hydrogen) atoms. The minimum atomic E-state index is -3.36. The van der Waals surface area contributed by atoms with Gasteiger partial charge in [-0.2, -0.15) is 22.3 Å². The molecule has 0 aromatic rings. The summed E-state index contributed by atoms with van der Waals surface area (Å²) in [5.41, 5.74) is 0. The molecule has 0 aliphatic carbocycles. The Bertz CT molecular complexity index is 290. The Morgan fingerprint density at radius 1 is 1.29 bits per heavy atom. The second kappa shape index (κ2) is 5.96. The lowest BCUT2D eigenvalue weighted by molar-refractivity contribution is 0.380. The molecule has 0 unspecified atom stereocenters. The predicted molar refractivity (Wildman–Crippen MR) is 54.7 cm³/mol. The quantitative estimate of drug-likeness (QED) is 0.650. The van der Waals surface area contributed by atoms with E-state index >= 15 is 0 Å². The Labute approximate surface area is 86.1 Å². The summed E-state index contributed by atoms with van der Waals surface area (Å²) in [6.45, 7) is 4.74. The SMILES string of the molecule is CCN(CC)S(=O)(=O)N(C)CCC#N. The van der Waals surface area contributed by atoms with Crippen molar-refractivity contribution in [3.05, 3.63) is 0 Å². The van der Waals surface area contributed by atoms with Gasteiger partial charge in [0, 0.05) is 33.1 Å². The van der Waals surface area contributed by atoms with Crippen molar-refractivity contribution in [3.63, 3.8) is 0 Å². The molecule has 6 heteroatoms. The van der Waals surface area contributed by atoms with Crippen molar-refractivity contribution in [2.24, 2.45) is 0 Å². The van der Waals surface area contributed by atoms with Crippen LogP contribution in [0.4, 0.5) is 0 Å². The van der Waals surface area contributed by atoms with Crippen LogP contribution in [0.2, 0.25) is 0 Å². The summed E-state index contributed by atoms with van der Waals surface area (Å²) in [5.74, 6) is 0. The molecule has 0 heterocycles. The van der Waals surface area contributed by atoms with Crippen LogP contribution >= 0.6 is 0 Å². The maximum atomic E-state index is 11.7. The van der Waals surface area contributed by atoms with Gasteiger partial charge >= 0.3 is 0 Å². The van der Waals surface area contributed by atoms with Crippen molar-refractivity contribution in [2.45, 2.75) is 20.3 Å². The maximum absolute atomic E-state index is 11.7. The summed E-state index contributed by atoms with van der Waals surface area (Å²) >= 11 is 0. The molecule has 0 radical (unpaired) electrons. The molecular formula is C8H17N3O2S. The van der Waals surface area contributed by atoms with Crippen LogP contribution in [0.15, 0.2) is 0 Å². The summed E-state index contributed by atoms with van der Waals surface area (Å²) in [7, 11) is -1.87. The van der Waals surface area contributed by atoms with Crippen LogP contribution in [0.1, 0.15) is 20.3 Å². The Morgan fingerprint density at radius 2 is 1.79 bits per heavy atom. The molecule has 0 N–H and O–H groups in total. The first kappa shape index (κ1) is 13.4. The third-order valence-electron chi connectivity index (χ3n) is 1.96. The van der Waals surface area contributed by atoms with E-state index in [0.717, 1.165) is 0 Å². The molecule has 0 aromatic carbocycles. The second-order valence-electron chi connectivity index (χ2n) is 2.82. The van der Waals surface area contributed by atoms with Crippen molar-refractivity contribution >= 4 is 10.2 Å². The summed E-state index contributed by atoms with van der Waals surface area (Å²) in [5, 5.41) is 8.35. The lowest BCUT2D eigenvalue weighted by Crippen LogP contribution is -2.41. The Balaban J connectivity index is 4.53. The molecule has 0 aliphatic rings. The highest BCUT2D eigenvalue weighted by Gasteiger charge is 2.23. The van der Waals surface area contributed by atoms with Crippen molar-refractivity contribution in [1.82, 2.24) is 8.61 Å². The molecule has 0 aromatic heterocycles. The molecule has 0 saturated heterocycles. The highest BCUT2D eigenvalue weighted by molar-refractivity contribution is 7.86. The van der Waals surface area contributed by atoms with Crippen LogP contribution in [0.25, 0.3) is 0 Å². The maximum Gasteiger partial charge on any atom is 0.281 e. The van der Waals surface area contributed by atoms with Gasteiger partial charge in [0.15, 0.2) is 0 Å². The number of hydrogen-bond acceptors (Lipinski definition) is 3. The molecule has 0 amide bonds. The third kappa shape index (κ3) is 3.25. The monoisotopic (exact) mass is 219 g/mol. The molecular weight excluding hydrogens is 202 g/mol. The number of rotatable bonds is 6. The van der Waals surface area contributed by atoms with Gasteiger partial charge in [-0.1, -0.05) is 13.8 Å². The van der Waals surface area contributed by atoms with Gasteiger partial charge in [-0.05, 0) is 0 Å². The lowest BCUT2D eigenvalue weighted by Gasteiger charge is -2.24. The second-order valence-corrected chi connectivity index (χ2v) is 4.86. The molecule has 5 nitrogen and oxygen atoms in total. The average molecular weight is 219 g/mol. The number of nitrogens with zero attached hydrogens (tertiary/aromatic N) is 3. The van der Waals surface area contributed by atoms with E-state index in [0.29, 0.717) is 13.1 Å². The zero-order valence-corrected chi connectivity index (χ0v) is 9.71. The number of nitriles is 1. The summed E-state index contributed by atoms with van der Waals surface area (Å²) in [6, 6.07) is 1.92. The third-order valence-corrected chi connectivity index (χ3v) is 4.10. The smallest absolute Gasteiger partial charge is 0.198 e. The highest BCUT2D eigenvalue weighted by atomic mass is 32.2. The zero-order valence-electron chi connectivity index (χ0n) is 8.89. The highest BCUT2D eigenvalue weighted by Crippen LogP contribution is 2.05. The first-order valence-corrected chi connectivity index (χ1v) is 5.98. The van der Waals surface area contributed by atoms with Gasteiger partial charge in [0.1, 0.15) is 0 Å². The van der Waals surface area contributed by atoms with E-state index in [1.807, 2.05) is 6.07 Å². The molecule has 0 fully saturated rings. The zero-order chi connectivity index (χ0) is 11.2. The minimum absolute atomic E-state index is 0.219. The van der Waals surface area contributed by atoms with E-state index in [2.05, 4.69) is 0 Å². The predicted octanol–water partition coefficient (Wildman–Crippen LogP) is 0.418. The molecule has 82 valence electrons. The first-order chi connectivity index (χ1) is 6.50. The van der Waals surface area contributed by atoms with E-state index < -0.39 is 10.2 Å². The molecule has 0 rings (SSSR count). The first-order valence-electron chi connectivity index (χ1n) is 4.59. The van der Waals surface area contributed by atoms with Gasteiger partial charge in [0.05, 0.1) is 6.07 Å². The van der Waals surface area contributed by atoms with E-state index in [9.17, 15) is 8.42 Å². The van der Waals surface area contributed by atoms with E-state index in [4.69, 9.17) is 5.26 Å². The van der Waals surface area contributed by atoms with Crippen molar-refractivity contribution in [1.29, 1.82) is 5.26 Å². The molecule has 0 spiro atoms. The van der Waals surface area contributed by atoms with Crippen LogP contribution < -0.4 is 0 Å². The molecule has 0 bridgehead atoms. The fraction of sp³-hybridized carbons (Fsp3) is 0.875. The molecule has 0 aliphatic heterocycles. The Morgan fingerprint density at radius 3 is 2.14 bits per heavy atom. The van der Waals surface area contributed by atoms with Crippen LogP contribution in [0, 0.1) is 11.3 Å². The largest absolute Gasteiger partial charge is 0.281 e. The van der Waals surface area contributed by atoms with E-state index in [1.165, 1.54) is 15.7 Å².